The molecular weight excluding hydrogens is 409 g/mol. The summed E-state index contributed by atoms with van der Waals surface area (Å²) in [6.07, 6.45) is 2.58. The van der Waals surface area contributed by atoms with Crippen molar-refractivity contribution in [2.45, 2.75) is 19.9 Å². The molecule has 2 heterocycles. The van der Waals surface area contributed by atoms with Crippen LogP contribution in [0.1, 0.15) is 19.0 Å². The summed E-state index contributed by atoms with van der Waals surface area (Å²) in [5.41, 5.74) is 0.994. The van der Waals surface area contributed by atoms with Gasteiger partial charge in [-0.3, -0.25) is 9.89 Å². The molecule has 1 N–H and O–H groups in total. The summed E-state index contributed by atoms with van der Waals surface area (Å²) < 4.78 is 9.95. The van der Waals surface area contributed by atoms with Crippen molar-refractivity contribution in [1.82, 2.24) is 20.3 Å². The number of hydrogen-bond donors (Lipinski definition) is 1. The number of rotatable bonds is 7. The molecule has 0 saturated carbocycles. The molecule has 0 spiro atoms. The predicted octanol–water partition coefficient (Wildman–Crippen LogP) is 1.41. The Hall–Kier alpha value is -0.870. The van der Waals surface area contributed by atoms with Crippen molar-refractivity contribution in [2.24, 2.45) is 4.99 Å². The van der Waals surface area contributed by atoms with Crippen LogP contribution in [0.2, 0.25) is 0 Å². The summed E-state index contributed by atoms with van der Waals surface area (Å²) in [7, 11) is 1.73. The first-order chi connectivity index (χ1) is 10.8. The minimum atomic E-state index is 0. The van der Waals surface area contributed by atoms with Crippen molar-refractivity contribution in [1.29, 1.82) is 0 Å². The first-order valence-corrected chi connectivity index (χ1v) is 7.97. The van der Waals surface area contributed by atoms with Gasteiger partial charge in [0.15, 0.2) is 5.96 Å². The van der Waals surface area contributed by atoms with Gasteiger partial charge in [-0.1, -0.05) is 5.16 Å². The molecule has 0 aliphatic carbocycles. The zero-order valence-corrected chi connectivity index (χ0v) is 16.4. The largest absolute Gasteiger partial charge is 0.385 e. The normalized spacial score (nSPS) is 16.3. The molecule has 1 fully saturated rings. The number of halogens is 1. The number of piperazine rings is 1. The Morgan fingerprint density at radius 1 is 1.39 bits per heavy atom. The van der Waals surface area contributed by atoms with Crippen molar-refractivity contribution < 1.29 is 9.26 Å². The van der Waals surface area contributed by atoms with E-state index in [1.807, 2.05) is 6.07 Å². The molecule has 0 bridgehead atoms. The van der Waals surface area contributed by atoms with Gasteiger partial charge in [-0.2, -0.15) is 0 Å². The smallest absolute Gasteiger partial charge is 0.194 e. The molecule has 132 valence electrons. The second-order valence-electron chi connectivity index (χ2n) is 5.34. The van der Waals surface area contributed by atoms with Gasteiger partial charge < -0.3 is 19.5 Å². The molecule has 1 aromatic rings. The molecular formula is C15H28IN5O2. The fraction of sp³-hybridized carbons (Fsp3) is 0.733. The molecule has 2 rings (SSSR count). The van der Waals surface area contributed by atoms with Crippen molar-refractivity contribution >= 4 is 29.9 Å². The lowest BCUT2D eigenvalue weighted by molar-refractivity contribution is 0.168. The summed E-state index contributed by atoms with van der Waals surface area (Å²) in [5.74, 6) is 1.01. The molecule has 7 nitrogen and oxygen atoms in total. The molecule has 1 aliphatic heterocycles. The van der Waals surface area contributed by atoms with Crippen molar-refractivity contribution in [3.63, 3.8) is 0 Å². The van der Waals surface area contributed by atoms with Crippen LogP contribution in [0.5, 0.6) is 0 Å². The quantitative estimate of drug-likeness (QED) is 0.301. The number of ether oxygens (including phenoxy) is 1. The average molecular weight is 437 g/mol. The van der Waals surface area contributed by atoms with Gasteiger partial charge in [0, 0.05) is 65.6 Å². The molecule has 0 atom stereocenters. The molecule has 0 aromatic carbocycles. The molecule has 0 amide bonds. The van der Waals surface area contributed by atoms with E-state index in [0.29, 0.717) is 0 Å². The lowest BCUT2D eigenvalue weighted by atomic mass is 10.3. The van der Waals surface area contributed by atoms with Gasteiger partial charge in [-0.25, -0.2) is 0 Å². The Labute approximate surface area is 155 Å². The zero-order chi connectivity index (χ0) is 15.6. The third-order valence-electron chi connectivity index (χ3n) is 3.65. The van der Waals surface area contributed by atoms with Crippen molar-refractivity contribution in [2.75, 3.05) is 53.0 Å². The molecule has 0 unspecified atom stereocenters. The fourth-order valence-corrected chi connectivity index (χ4v) is 2.49. The molecule has 1 aliphatic rings. The van der Waals surface area contributed by atoms with Gasteiger partial charge in [0.2, 0.25) is 0 Å². The summed E-state index contributed by atoms with van der Waals surface area (Å²) in [6, 6.07) is 1.92. The number of nitrogens with one attached hydrogen (secondary N) is 1. The maximum Gasteiger partial charge on any atom is 0.194 e. The van der Waals surface area contributed by atoms with Crippen LogP contribution in [0.15, 0.2) is 21.8 Å². The molecule has 1 aromatic heterocycles. The Balaban J connectivity index is 0.00000264. The second-order valence-corrected chi connectivity index (χ2v) is 5.34. The fourth-order valence-electron chi connectivity index (χ4n) is 2.49. The third kappa shape index (κ3) is 7.05. The van der Waals surface area contributed by atoms with Crippen LogP contribution < -0.4 is 5.32 Å². The maximum absolute atomic E-state index is 5.07. The number of hydrogen-bond acceptors (Lipinski definition) is 5. The molecule has 1 saturated heterocycles. The molecule has 0 radical (unpaired) electrons. The number of guanidine groups is 1. The SMILES string of the molecule is CCNC(=NCCCOC)N1CCN(Cc2ccon2)CC1.I. The standard InChI is InChI=1S/C15H27N5O2.HI/c1-3-16-15(17-6-4-11-21-2)20-9-7-19(8-10-20)13-14-5-12-22-18-14;/h5,12H,3-4,6-11,13H2,1-2H3,(H,16,17);1H. The summed E-state index contributed by atoms with van der Waals surface area (Å²) in [4.78, 5) is 9.40. The number of nitrogens with zero attached hydrogens (tertiary/aromatic N) is 4. The van der Waals surface area contributed by atoms with Crippen LogP contribution in [0, 0.1) is 0 Å². The van der Waals surface area contributed by atoms with Gasteiger partial charge in [0.1, 0.15) is 6.26 Å². The maximum atomic E-state index is 5.07. The number of aliphatic imine (C=N–C) groups is 1. The van der Waals surface area contributed by atoms with Gasteiger partial charge in [-0.15, -0.1) is 24.0 Å². The Bertz CT molecular complexity index is 433. The molecule has 23 heavy (non-hydrogen) atoms. The van der Waals surface area contributed by atoms with E-state index in [-0.39, 0.29) is 24.0 Å². The van der Waals surface area contributed by atoms with Crippen molar-refractivity contribution in [3.05, 3.63) is 18.0 Å². The van der Waals surface area contributed by atoms with E-state index < -0.39 is 0 Å². The Morgan fingerprint density at radius 2 is 2.17 bits per heavy atom. The lowest BCUT2D eigenvalue weighted by Gasteiger charge is -2.36. The van der Waals surface area contributed by atoms with Crippen LogP contribution in [0.4, 0.5) is 0 Å². The predicted molar refractivity (Wildman–Crippen MR) is 101 cm³/mol. The van der Waals surface area contributed by atoms with Crippen molar-refractivity contribution in [3.8, 4) is 0 Å². The highest BCUT2D eigenvalue weighted by atomic mass is 127. The number of methoxy groups -OCH3 is 1. The van der Waals surface area contributed by atoms with Crippen LogP contribution >= 0.6 is 24.0 Å². The number of aromatic nitrogens is 1. The highest BCUT2D eigenvalue weighted by molar-refractivity contribution is 14.0. The van der Waals surface area contributed by atoms with Gasteiger partial charge in [-0.05, 0) is 13.3 Å². The first-order valence-electron chi connectivity index (χ1n) is 7.97. The minimum Gasteiger partial charge on any atom is -0.385 e. The van der Waals surface area contributed by atoms with E-state index in [0.717, 1.165) is 70.5 Å². The van der Waals surface area contributed by atoms with Gasteiger partial charge in [0.25, 0.3) is 0 Å². The zero-order valence-electron chi connectivity index (χ0n) is 14.0. The second kappa shape index (κ2) is 11.6. The summed E-state index contributed by atoms with van der Waals surface area (Å²) in [6.45, 7) is 9.38. The van der Waals surface area contributed by atoms with E-state index in [9.17, 15) is 0 Å². The van der Waals surface area contributed by atoms with Crippen LogP contribution in [0.3, 0.4) is 0 Å². The van der Waals surface area contributed by atoms with Gasteiger partial charge in [0.05, 0.1) is 5.69 Å². The molecule has 8 heteroatoms. The Morgan fingerprint density at radius 3 is 2.78 bits per heavy atom. The third-order valence-corrected chi connectivity index (χ3v) is 3.65. The highest BCUT2D eigenvalue weighted by Gasteiger charge is 2.20. The van der Waals surface area contributed by atoms with E-state index in [2.05, 4.69) is 32.2 Å². The van der Waals surface area contributed by atoms with E-state index in [4.69, 9.17) is 9.26 Å². The van der Waals surface area contributed by atoms with Gasteiger partial charge >= 0.3 is 0 Å². The summed E-state index contributed by atoms with van der Waals surface area (Å²) >= 11 is 0. The van der Waals surface area contributed by atoms with Crippen LogP contribution in [-0.2, 0) is 11.3 Å². The topological polar surface area (TPSA) is 66.1 Å². The van der Waals surface area contributed by atoms with Crippen LogP contribution in [-0.4, -0.2) is 73.9 Å². The monoisotopic (exact) mass is 437 g/mol. The highest BCUT2D eigenvalue weighted by Crippen LogP contribution is 2.07. The van der Waals surface area contributed by atoms with Crippen LogP contribution in [0.25, 0.3) is 0 Å². The Kier molecular flexibility index (Phi) is 10.2. The van der Waals surface area contributed by atoms with E-state index in [1.165, 1.54) is 0 Å². The average Bonchev–Trinajstić information content (AvgIpc) is 3.04. The minimum absolute atomic E-state index is 0. The first kappa shape index (κ1) is 20.2. The van der Waals surface area contributed by atoms with E-state index >= 15 is 0 Å². The van der Waals surface area contributed by atoms with E-state index in [1.54, 1.807) is 13.4 Å². The lowest BCUT2D eigenvalue weighted by Crippen LogP contribution is -2.52. The summed E-state index contributed by atoms with van der Waals surface area (Å²) in [5, 5.41) is 7.35.